The molecule has 1 aromatic heterocycles. The van der Waals surface area contributed by atoms with Crippen molar-refractivity contribution >= 4 is 5.84 Å². The fourth-order valence-corrected chi connectivity index (χ4v) is 0.760. The summed E-state index contributed by atoms with van der Waals surface area (Å²) in [6.45, 7) is 3.39. The molecule has 0 radical (unpaired) electrons. The number of nitrogens with two attached hydrogens (primary N) is 1. The SMILES string of the molecule is CCC(N)=NCCn1ccnn1. The predicted octanol–water partition coefficient (Wildman–Crippen LogP) is 0.0453. The molecule has 0 aliphatic carbocycles. The number of aliphatic imine (C=N–C) groups is 1. The van der Waals surface area contributed by atoms with Gasteiger partial charge in [-0.1, -0.05) is 12.1 Å². The third kappa shape index (κ3) is 2.69. The summed E-state index contributed by atoms with van der Waals surface area (Å²) in [6, 6.07) is 0. The van der Waals surface area contributed by atoms with Crippen molar-refractivity contribution in [3.8, 4) is 0 Å². The molecule has 2 N–H and O–H groups in total. The lowest BCUT2D eigenvalue weighted by atomic mass is 10.4. The van der Waals surface area contributed by atoms with E-state index in [-0.39, 0.29) is 0 Å². The van der Waals surface area contributed by atoms with Gasteiger partial charge in [0.1, 0.15) is 0 Å². The zero-order valence-corrected chi connectivity index (χ0v) is 7.14. The Bertz CT molecular complexity index is 238. The first-order valence-corrected chi connectivity index (χ1v) is 3.96. The first-order chi connectivity index (χ1) is 5.83. The van der Waals surface area contributed by atoms with Crippen molar-refractivity contribution in [2.24, 2.45) is 10.7 Å². The van der Waals surface area contributed by atoms with E-state index in [1.54, 1.807) is 17.1 Å². The fourth-order valence-electron chi connectivity index (χ4n) is 0.760. The maximum Gasteiger partial charge on any atom is 0.0935 e. The van der Waals surface area contributed by atoms with Crippen LogP contribution in [0.15, 0.2) is 17.4 Å². The largest absolute Gasteiger partial charge is 0.387 e. The summed E-state index contributed by atoms with van der Waals surface area (Å²) in [7, 11) is 0. The lowest BCUT2D eigenvalue weighted by molar-refractivity contribution is 0.598. The monoisotopic (exact) mass is 167 g/mol. The summed E-state index contributed by atoms with van der Waals surface area (Å²) in [6.07, 6.45) is 4.25. The second kappa shape index (κ2) is 4.48. The first-order valence-electron chi connectivity index (χ1n) is 3.96. The highest BCUT2D eigenvalue weighted by molar-refractivity contribution is 5.79. The van der Waals surface area contributed by atoms with Crippen molar-refractivity contribution in [2.45, 2.75) is 19.9 Å². The van der Waals surface area contributed by atoms with E-state index in [4.69, 9.17) is 5.73 Å². The molecule has 0 saturated carbocycles. The Hall–Kier alpha value is -1.39. The highest BCUT2D eigenvalue weighted by atomic mass is 15.4. The smallest absolute Gasteiger partial charge is 0.0935 e. The molecule has 0 bridgehead atoms. The second-order valence-corrected chi connectivity index (χ2v) is 2.39. The van der Waals surface area contributed by atoms with Crippen LogP contribution in [0.25, 0.3) is 0 Å². The lowest BCUT2D eigenvalue weighted by Crippen LogP contribution is -2.12. The van der Waals surface area contributed by atoms with Crippen LogP contribution in [0, 0.1) is 0 Å². The maximum absolute atomic E-state index is 5.52. The van der Waals surface area contributed by atoms with Crippen molar-refractivity contribution in [1.29, 1.82) is 0 Å². The molecular weight excluding hydrogens is 154 g/mol. The second-order valence-electron chi connectivity index (χ2n) is 2.39. The van der Waals surface area contributed by atoms with Crippen LogP contribution in [-0.2, 0) is 6.54 Å². The van der Waals surface area contributed by atoms with Gasteiger partial charge in [0.05, 0.1) is 25.1 Å². The summed E-state index contributed by atoms with van der Waals surface area (Å²) in [5.74, 6) is 0.690. The van der Waals surface area contributed by atoms with E-state index in [9.17, 15) is 0 Å². The van der Waals surface area contributed by atoms with Crippen molar-refractivity contribution < 1.29 is 0 Å². The van der Waals surface area contributed by atoms with Crippen LogP contribution >= 0.6 is 0 Å². The molecule has 5 nitrogen and oxygen atoms in total. The van der Waals surface area contributed by atoms with Crippen LogP contribution in [0.2, 0.25) is 0 Å². The molecule has 0 saturated heterocycles. The van der Waals surface area contributed by atoms with Crippen LogP contribution in [-0.4, -0.2) is 27.4 Å². The molecular formula is C7H13N5. The van der Waals surface area contributed by atoms with Crippen molar-refractivity contribution in [3.05, 3.63) is 12.4 Å². The van der Waals surface area contributed by atoms with Gasteiger partial charge in [-0.3, -0.25) is 9.67 Å². The van der Waals surface area contributed by atoms with E-state index in [0.29, 0.717) is 12.4 Å². The summed E-state index contributed by atoms with van der Waals surface area (Å²) in [5, 5.41) is 7.47. The minimum absolute atomic E-state index is 0.670. The minimum atomic E-state index is 0.670. The molecule has 0 aromatic carbocycles. The normalized spacial score (nSPS) is 11.9. The molecule has 0 spiro atoms. The molecule has 0 atom stereocenters. The third-order valence-electron chi connectivity index (χ3n) is 1.48. The number of nitrogens with zero attached hydrogens (tertiary/aromatic N) is 4. The predicted molar refractivity (Wildman–Crippen MR) is 46.8 cm³/mol. The highest BCUT2D eigenvalue weighted by Gasteiger charge is 1.89. The maximum atomic E-state index is 5.52. The quantitative estimate of drug-likeness (QED) is 0.508. The number of hydrogen-bond donors (Lipinski definition) is 1. The zero-order valence-electron chi connectivity index (χ0n) is 7.14. The highest BCUT2D eigenvalue weighted by Crippen LogP contribution is 1.83. The van der Waals surface area contributed by atoms with E-state index >= 15 is 0 Å². The van der Waals surface area contributed by atoms with Gasteiger partial charge in [-0.05, 0) is 0 Å². The van der Waals surface area contributed by atoms with Crippen molar-refractivity contribution in [2.75, 3.05) is 6.54 Å². The molecule has 0 aliphatic rings. The lowest BCUT2D eigenvalue weighted by Gasteiger charge is -1.97. The molecule has 5 heteroatoms. The first kappa shape index (κ1) is 8.70. The van der Waals surface area contributed by atoms with E-state index in [1.165, 1.54) is 0 Å². The van der Waals surface area contributed by atoms with E-state index < -0.39 is 0 Å². The van der Waals surface area contributed by atoms with Crippen LogP contribution in [0.5, 0.6) is 0 Å². The Morgan fingerprint density at radius 2 is 2.50 bits per heavy atom. The average molecular weight is 167 g/mol. The standard InChI is InChI=1S/C7H13N5/c1-2-7(8)9-3-5-12-6-4-10-11-12/h4,6H,2-3,5H2,1H3,(H2,8,9). The molecule has 1 aromatic rings. The van der Waals surface area contributed by atoms with Gasteiger partial charge in [-0.2, -0.15) is 0 Å². The van der Waals surface area contributed by atoms with Crippen molar-refractivity contribution in [3.63, 3.8) is 0 Å². The number of hydrogen-bond acceptors (Lipinski definition) is 3. The molecule has 66 valence electrons. The van der Waals surface area contributed by atoms with Crippen molar-refractivity contribution in [1.82, 2.24) is 15.0 Å². The fraction of sp³-hybridized carbons (Fsp3) is 0.571. The van der Waals surface area contributed by atoms with Crippen LogP contribution in [0.3, 0.4) is 0 Å². The Labute approximate surface area is 71.3 Å². The van der Waals surface area contributed by atoms with Gasteiger partial charge >= 0.3 is 0 Å². The molecule has 0 fully saturated rings. The summed E-state index contributed by atoms with van der Waals surface area (Å²) < 4.78 is 1.73. The van der Waals surface area contributed by atoms with Gasteiger partial charge in [0.15, 0.2) is 0 Å². The molecule has 0 aliphatic heterocycles. The molecule has 0 unspecified atom stereocenters. The summed E-state index contributed by atoms with van der Waals surface area (Å²) in [5.41, 5.74) is 5.52. The Kier molecular flexibility index (Phi) is 3.25. The molecule has 1 rings (SSSR count). The van der Waals surface area contributed by atoms with E-state index in [0.717, 1.165) is 13.0 Å². The number of amidine groups is 1. The van der Waals surface area contributed by atoms with Crippen LogP contribution in [0.4, 0.5) is 0 Å². The third-order valence-corrected chi connectivity index (χ3v) is 1.48. The van der Waals surface area contributed by atoms with E-state index in [2.05, 4.69) is 15.3 Å². The molecule has 12 heavy (non-hydrogen) atoms. The van der Waals surface area contributed by atoms with Gasteiger partial charge < -0.3 is 5.73 Å². The summed E-state index contributed by atoms with van der Waals surface area (Å²) in [4.78, 5) is 4.12. The van der Waals surface area contributed by atoms with E-state index in [1.807, 2.05) is 6.92 Å². The molecule has 1 heterocycles. The van der Waals surface area contributed by atoms with Gasteiger partial charge in [0.2, 0.25) is 0 Å². The Balaban J connectivity index is 2.28. The van der Waals surface area contributed by atoms with Gasteiger partial charge in [-0.15, -0.1) is 5.10 Å². The zero-order chi connectivity index (χ0) is 8.81. The molecule has 0 amide bonds. The summed E-state index contributed by atoms with van der Waals surface area (Å²) >= 11 is 0. The number of rotatable bonds is 4. The van der Waals surface area contributed by atoms with Crippen LogP contribution < -0.4 is 5.73 Å². The average Bonchev–Trinajstić information content (AvgIpc) is 2.57. The Morgan fingerprint density at radius 3 is 3.08 bits per heavy atom. The van der Waals surface area contributed by atoms with Gasteiger partial charge in [0.25, 0.3) is 0 Å². The van der Waals surface area contributed by atoms with Crippen LogP contribution in [0.1, 0.15) is 13.3 Å². The van der Waals surface area contributed by atoms with Gasteiger partial charge in [-0.25, -0.2) is 0 Å². The minimum Gasteiger partial charge on any atom is -0.387 e. The topological polar surface area (TPSA) is 69.1 Å². The Morgan fingerprint density at radius 1 is 1.67 bits per heavy atom. The van der Waals surface area contributed by atoms with Gasteiger partial charge in [0, 0.05) is 12.6 Å². The number of aromatic nitrogens is 3.